The molecule has 7 heteroatoms. The third-order valence-electron chi connectivity index (χ3n) is 4.64. The molecule has 134 valence electrons. The van der Waals surface area contributed by atoms with Gasteiger partial charge in [0.2, 0.25) is 5.91 Å². The SMILES string of the molecule is Cc1cc(C(=O)NC2CCC(=O)NC2(C)C)nn1-c1cccc(C#N)c1. The van der Waals surface area contributed by atoms with Crippen LogP contribution in [0, 0.1) is 18.3 Å². The normalized spacial score (nSPS) is 18.7. The highest BCUT2D eigenvalue weighted by Crippen LogP contribution is 2.20. The van der Waals surface area contributed by atoms with Crippen molar-refractivity contribution in [2.24, 2.45) is 0 Å². The quantitative estimate of drug-likeness (QED) is 0.881. The zero-order valence-corrected chi connectivity index (χ0v) is 15.0. The number of amides is 2. The monoisotopic (exact) mass is 351 g/mol. The number of hydrogen-bond acceptors (Lipinski definition) is 4. The number of nitrogens with one attached hydrogen (secondary N) is 2. The van der Waals surface area contributed by atoms with Gasteiger partial charge in [-0.2, -0.15) is 10.4 Å². The molecule has 3 rings (SSSR count). The molecule has 1 aromatic carbocycles. The summed E-state index contributed by atoms with van der Waals surface area (Å²) in [5.41, 5.74) is 1.84. The van der Waals surface area contributed by atoms with E-state index in [-0.39, 0.29) is 17.9 Å². The summed E-state index contributed by atoms with van der Waals surface area (Å²) in [4.78, 5) is 24.2. The summed E-state index contributed by atoms with van der Waals surface area (Å²) in [5, 5.41) is 19.3. The molecule has 0 saturated carbocycles. The van der Waals surface area contributed by atoms with E-state index in [0.717, 1.165) is 11.4 Å². The standard InChI is InChI=1S/C19H21N5O2/c1-12-9-15(23-24(12)14-6-4-5-13(10-14)11-20)18(26)21-16-7-8-17(25)22-19(16,2)3/h4-6,9-10,16H,7-8H2,1-3H3,(H,21,26)(H,22,25). The highest BCUT2D eigenvalue weighted by atomic mass is 16.2. The lowest BCUT2D eigenvalue weighted by molar-refractivity contribution is -0.125. The molecule has 1 aliphatic rings. The van der Waals surface area contributed by atoms with Crippen molar-refractivity contribution in [3.8, 4) is 11.8 Å². The first kappa shape index (κ1) is 17.7. The van der Waals surface area contributed by atoms with Crippen molar-refractivity contribution in [2.75, 3.05) is 0 Å². The van der Waals surface area contributed by atoms with Crippen LogP contribution >= 0.6 is 0 Å². The number of aryl methyl sites for hydroxylation is 1. The van der Waals surface area contributed by atoms with Gasteiger partial charge in [0.1, 0.15) is 0 Å². The average molecular weight is 351 g/mol. The molecule has 2 aromatic rings. The molecular formula is C19H21N5O2. The molecule has 0 spiro atoms. The molecule has 26 heavy (non-hydrogen) atoms. The number of carbonyl (C=O) groups excluding carboxylic acids is 2. The highest BCUT2D eigenvalue weighted by Gasteiger charge is 2.36. The van der Waals surface area contributed by atoms with Gasteiger partial charge >= 0.3 is 0 Å². The Balaban J connectivity index is 1.81. The average Bonchev–Trinajstić information content (AvgIpc) is 2.99. The smallest absolute Gasteiger partial charge is 0.272 e. The van der Waals surface area contributed by atoms with Crippen LogP contribution in [0.25, 0.3) is 5.69 Å². The van der Waals surface area contributed by atoms with Gasteiger partial charge in [0.15, 0.2) is 5.69 Å². The minimum absolute atomic E-state index is 0.00186. The lowest BCUT2D eigenvalue weighted by Crippen LogP contribution is -2.62. The lowest BCUT2D eigenvalue weighted by Gasteiger charge is -2.39. The van der Waals surface area contributed by atoms with Crippen LogP contribution in [-0.4, -0.2) is 33.2 Å². The second-order valence-corrected chi connectivity index (χ2v) is 7.08. The van der Waals surface area contributed by atoms with E-state index in [9.17, 15) is 9.59 Å². The Morgan fingerprint density at radius 3 is 2.88 bits per heavy atom. The first-order valence-corrected chi connectivity index (χ1v) is 8.49. The maximum absolute atomic E-state index is 12.7. The van der Waals surface area contributed by atoms with Gasteiger partial charge in [-0.15, -0.1) is 0 Å². The molecule has 1 saturated heterocycles. The maximum Gasteiger partial charge on any atom is 0.272 e. The summed E-state index contributed by atoms with van der Waals surface area (Å²) >= 11 is 0. The second kappa shape index (κ2) is 6.64. The van der Waals surface area contributed by atoms with Crippen molar-refractivity contribution < 1.29 is 9.59 Å². The molecule has 2 N–H and O–H groups in total. The molecule has 1 fully saturated rings. The predicted octanol–water partition coefficient (Wildman–Crippen LogP) is 1.84. The molecule has 1 aliphatic heterocycles. The van der Waals surface area contributed by atoms with Crippen molar-refractivity contribution in [3.63, 3.8) is 0 Å². The summed E-state index contributed by atoms with van der Waals surface area (Å²) in [6.07, 6.45) is 0.983. The van der Waals surface area contributed by atoms with Gasteiger partial charge in [-0.3, -0.25) is 9.59 Å². The van der Waals surface area contributed by atoms with Gasteiger partial charge in [0.05, 0.1) is 28.9 Å². The van der Waals surface area contributed by atoms with E-state index >= 15 is 0 Å². The molecule has 0 radical (unpaired) electrons. The van der Waals surface area contributed by atoms with Crippen LogP contribution in [0.4, 0.5) is 0 Å². The van der Waals surface area contributed by atoms with Gasteiger partial charge < -0.3 is 10.6 Å². The van der Waals surface area contributed by atoms with E-state index in [4.69, 9.17) is 5.26 Å². The second-order valence-electron chi connectivity index (χ2n) is 7.08. The topological polar surface area (TPSA) is 99.8 Å². The number of carbonyl (C=O) groups is 2. The fourth-order valence-electron chi connectivity index (χ4n) is 3.18. The number of nitriles is 1. The number of rotatable bonds is 3. The van der Waals surface area contributed by atoms with Gasteiger partial charge in [0.25, 0.3) is 5.91 Å². The van der Waals surface area contributed by atoms with Crippen LogP contribution in [0.3, 0.4) is 0 Å². The van der Waals surface area contributed by atoms with Crippen molar-refractivity contribution in [1.82, 2.24) is 20.4 Å². The molecule has 1 atom stereocenters. The summed E-state index contributed by atoms with van der Waals surface area (Å²) in [6, 6.07) is 10.7. The first-order valence-electron chi connectivity index (χ1n) is 8.49. The van der Waals surface area contributed by atoms with Gasteiger partial charge in [-0.25, -0.2) is 4.68 Å². The molecule has 0 aliphatic carbocycles. The van der Waals surface area contributed by atoms with Crippen LogP contribution in [-0.2, 0) is 4.79 Å². The first-order chi connectivity index (χ1) is 12.3. The fourth-order valence-corrected chi connectivity index (χ4v) is 3.18. The number of piperidine rings is 1. The molecule has 7 nitrogen and oxygen atoms in total. The number of hydrogen-bond donors (Lipinski definition) is 2. The molecule has 2 amide bonds. The summed E-state index contributed by atoms with van der Waals surface area (Å²) in [5.74, 6) is -0.282. The van der Waals surface area contributed by atoms with E-state index in [1.807, 2.05) is 26.8 Å². The summed E-state index contributed by atoms with van der Waals surface area (Å²) < 4.78 is 1.64. The number of aromatic nitrogens is 2. The zero-order valence-electron chi connectivity index (χ0n) is 15.0. The molecule has 1 aromatic heterocycles. The van der Waals surface area contributed by atoms with Crippen molar-refractivity contribution in [3.05, 3.63) is 47.3 Å². The largest absolute Gasteiger partial charge is 0.349 e. The van der Waals surface area contributed by atoms with Crippen LogP contribution in [0.2, 0.25) is 0 Å². The van der Waals surface area contributed by atoms with Crippen LogP contribution < -0.4 is 10.6 Å². The van der Waals surface area contributed by atoms with Gasteiger partial charge in [-0.05, 0) is 51.5 Å². The lowest BCUT2D eigenvalue weighted by atomic mass is 9.87. The van der Waals surface area contributed by atoms with Crippen molar-refractivity contribution >= 4 is 11.8 Å². The van der Waals surface area contributed by atoms with E-state index in [1.165, 1.54) is 0 Å². The maximum atomic E-state index is 12.7. The molecule has 2 heterocycles. The predicted molar refractivity (Wildman–Crippen MR) is 95.7 cm³/mol. The third-order valence-corrected chi connectivity index (χ3v) is 4.64. The Bertz CT molecular complexity index is 907. The zero-order chi connectivity index (χ0) is 18.9. The van der Waals surface area contributed by atoms with Crippen molar-refractivity contribution in [1.29, 1.82) is 5.26 Å². The Labute approximate surface area is 152 Å². The number of nitrogens with zero attached hydrogens (tertiary/aromatic N) is 3. The number of benzene rings is 1. The van der Waals surface area contributed by atoms with E-state index in [1.54, 1.807) is 28.9 Å². The highest BCUT2D eigenvalue weighted by molar-refractivity contribution is 5.93. The Hall–Kier alpha value is -3.14. The molecular weight excluding hydrogens is 330 g/mol. The van der Waals surface area contributed by atoms with Crippen molar-refractivity contribution in [2.45, 2.75) is 45.2 Å². The third kappa shape index (κ3) is 3.45. The van der Waals surface area contributed by atoms with E-state index < -0.39 is 5.54 Å². The summed E-state index contributed by atoms with van der Waals surface area (Å²) in [7, 11) is 0. The molecule has 1 unspecified atom stereocenters. The van der Waals surface area contributed by atoms with E-state index in [2.05, 4.69) is 21.8 Å². The van der Waals surface area contributed by atoms with E-state index in [0.29, 0.717) is 24.1 Å². The molecule has 0 bridgehead atoms. The Morgan fingerprint density at radius 2 is 2.19 bits per heavy atom. The Morgan fingerprint density at radius 1 is 1.42 bits per heavy atom. The van der Waals surface area contributed by atoms with Gasteiger partial charge in [-0.1, -0.05) is 6.07 Å². The Kier molecular flexibility index (Phi) is 4.51. The van der Waals surface area contributed by atoms with Crippen LogP contribution in [0.15, 0.2) is 30.3 Å². The fraction of sp³-hybridized carbons (Fsp3) is 0.368. The minimum Gasteiger partial charge on any atom is -0.349 e. The van der Waals surface area contributed by atoms with Crippen LogP contribution in [0.1, 0.15) is 48.4 Å². The van der Waals surface area contributed by atoms with Gasteiger partial charge in [0, 0.05) is 12.1 Å². The minimum atomic E-state index is -0.510. The summed E-state index contributed by atoms with van der Waals surface area (Å²) in [6.45, 7) is 5.64. The van der Waals surface area contributed by atoms with Crippen LogP contribution in [0.5, 0.6) is 0 Å².